The Labute approximate surface area is 145 Å². The molecule has 1 amide bonds. The van der Waals surface area contributed by atoms with Gasteiger partial charge in [-0.3, -0.25) is 4.79 Å². The molecule has 1 saturated heterocycles. The molecule has 1 aliphatic rings. The molecule has 1 fully saturated rings. The van der Waals surface area contributed by atoms with Crippen molar-refractivity contribution in [2.24, 2.45) is 0 Å². The molecular weight excluding hydrogens is 316 g/mol. The number of nitrogens with zero attached hydrogens (tertiary/aromatic N) is 3. The summed E-state index contributed by atoms with van der Waals surface area (Å²) in [5.41, 5.74) is 1.78. The smallest absolute Gasteiger partial charge is 0.239 e. The highest BCUT2D eigenvalue weighted by atomic mass is 16.2. The normalized spacial score (nSPS) is 17.0. The van der Waals surface area contributed by atoms with Crippen molar-refractivity contribution in [2.45, 2.75) is 12.5 Å². The average Bonchev–Trinajstić information content (AvgIpc) is 3.30. The molecule has 25 heavy (non-hydrogen) atoms. The first-order valence-electron chi connectivity index (χ1n) is 8.41. The Kier molecular flexibility index (Phi) is 4.20. The maximum atomic E-state index is 12.2. The summed E-state index contributed by atoms with van der Waals surface area (Å²) >= 11 is 0. The van der Waals surface area contributed by atoms with Gasteiger partial charge in [-0.1, -0.05) is 18.2 Å². The first kappa shape index (κ1) is 15.4. The Bertz CT molecular complexity index is 862. The monoisotopic (exact) mass is 336 g/mol. The zero-order valence-electron chi connectivity index (χ0n) is 13.8. The first-order chi connectivity index (χ1) is 12.3. The van der Waals surface area contributed by atoms with Gasteiger partial charge < -0.3 is 20.5 Å². The topological polar surface area (TPSA) is 85.9 Å². The van der Waals surface area contributed by atoms with Crippen molar-refractivity contribution >= 4 is 28.4 Å². The minimum absolute atomic E-state index is 0.00480. The number of benzene rings is 1. The molecule has 3 aromatic rings. The molecule has 0 aliphatic carbocycles. The summed E-state index contributed by atoms with van der Waals surface area (Å²) in [4.78, 5) is 26.1. The van der Waals surface area contributed by atoms with Gasteiger partial charge in [0.2, 0.25) is 5.91 Å². The van der Waals surface area contributed by atoms with Crippen LogP contribution >= 0.6 is 0 Å². The van der Waals surface area contributed by atoms with Crippen LogP contribution in [-0.4, -0.2) is 46.5 Å². The van der Waals surface area contributed by atoms with Crippen molar-refractivity contribution in [1.82, 2.24) is 20.3 Å². The summed E-state index contributed by atoms with van der Waals surface area (Å²) in [7, 11) is 0. The van der Waals surface area contributed by atoms with E-state index in [1.807, 2.05) is 42.6 Å². The third kappa shape index (κ3) is 3.40. The van der Waals surface area contributed by atoms with Gasteiger partial charge >= 0.3 is 0 Å². The van der Waals surface area contributed by atoms with Crippen LogP contribution in [0.4, 0.5) is 11.5 Å². The van der Waals surface area contributed by atoms with E-state index in [0.29, 0.717) is 0 Å². The third-order valence-corrected chi connectivity index (χ3v) is 4.41. The number of nitrogens with one attached hydrogen (secondary N) is 3. The second-order valence-corrected chi connectivity index (χ2v) is 6.16. The molecule has 0 radical (unpaired) electrons. The largest absolute Gasteiger partial charge is 0.376 e. The lowest BCUT2D eigenvalue weighted by Gasteiger charge is -2.18. The van der Waals surface area contributed by atoms with Crippen LogP contribution in [0.3, 0.4) is 0 Å². The fourth-order valence-electron chi connectivity index (χ4n) is 3.20. The molecule has 0 unspecified atom stereocenters. The van der Waals surface area contributed by atoms with Crippen LogP contribution in [0.2, 0.25) is 0 Å². The Hall–Kier alpha value is -3.09. The lowest BCUT2D eigenvalue weighted by molar-refractivity contribution is -0.119. The van der Waals surface area contributed by atoms with Gasteiger partial charge in [0.25, 0.3) is 0 Å². The number of hydrogen-bond donors (Lipinski definition) is 3. The number of H-pyrrole nitrogens is 1. The molecule has 128 valence electrons. The molecule has 0 saturated carbocycles. The number of anilines is 2. The number of carbonyl (C=O) groups excluding carboxylic acids is 1. The first-order valence-corrected chi connectivity index (χ1v) is 8.41. The van der Waals surface area contributed by atoms with E-state index < -0.39 is 0 Å². The molecule has 0 bridgehead atoms. The average molecular weight is 336 g/mol. The van der Waals surface area contributed by atoms with Gasteiger partial charge in [-0.15, -0.1) is 0 Å². The van der Waals surface area contributed by atoms with Gasteiger partial charge in [0.05, 0.1) is 11.9 Å². The maximum absolute atomic E-state index is 12.2. The Morgan fingerprint density at radius 2 is 2.12 bits per heavy atom. The molecule has 3 heterocycles. The molecule has 7 heteroatoms. The van der Waals surface area contributed by atoms with Crippen LogP contribution in [0.25, 0.3) is 11.0 Å². The van der Waals surface area contributed by atoms with Gasteiger partial charge in [0.1, 0.15) is 17.8 Å². The minimum atomic E-state index is 0.00480. The SMILES string of the molecule is O=C(CNc1ccccc1)N[C@@H]1CCN(c2ncnc3[nH]ccc23)C1. The molecular formula is C18H20N6O. The summed E-state index contributed by atoms with van der Waals surface area (Å²) in [5.74, 6) is 0.926. The number of hydrogen-bond acceptors (Lipinski definition) is 5. The van der Waals surface area contributed by atoms with E-state index >= 15 is 0 Å². The van der Waals surface area contributed by atoms with E-state index in [2.05, 4.69) is 30.5 Å². The highest BCUT2D eigenvalue weighted by Crippen LogP contribution is 2.25. The second kappa shape index (κ2) is 6.80. The van der Waals surface area contributed by atoms with Gasteiger partial charge in [-0.25, -0.2) is 9.97 Å². The van der Waals surface area contributed by atoms with E-state index in [4.69, 9.17) is 0 Å². The number of fused-ring (bicyclic) bond motifs is 1. The Balaban J connectivity index is 1.33. The zero-order chi connectivity index (χ0) is 17.1. The summed E-state index contributed by atoms with van der Waals surface area (Å²) in [6, 6.07) is 11.8. The summed E-state index contributed by atoms with van der Waals surface area (Å²) in [5, 5.41) is 7.24. The van der Waals surface area contributed by atoms with E-state index in [-0.39, 0.29) is 18.5 Å². The molecule has 4 rings (SSSR count). The molecule has 1 atom stereocenters. The predicted octanol–water partition coefficient (Wildman–Crippen LogP) is 1.76. The van der Waals surface area contributed by atoms with E-state index in [1.54, 1.807) is 6.33 Å². The van der Waals surface area contributed by atoms with E-state index in [0.717, 1.165) is 42.0 Å². The number of rotatable bonds is 5. The van der Waals surface area contributed by atoms with Crippen LogP contribution in [0.15, 0.2) is 48.9 Å². The number of para-hydroxylation sites is 1. The number of amides is 1. The zero-order valence-corrected chi connectivity index (χ0v) is 13.8. The van der Waals surface area contributed by atoms with Crippen LogP contribution < -0.4 is 15.5 Å². The molecule has 3 N–H and O–H groups in total. The van der Waals surface area contributed by atoms with Crippen molar-refractivity contribution in [3.8, 4) is 0 Å². The van der Waals surface area contributed by atoms with E-state index in [1.165, 1.54) is 0 Å². The molecule has 0 spiro atoms. The molecule has 1 aliphatic heterocycles. The van der Waals surface area contributed by atoms with Gasteiger partial charge in [0, 0.05) is 31.0 Å². The second-order valence-electron chi connectivity index (χ2n) is 6.16. The van der Waals surface area contributed by atoms with Crippen LogP contribution in [0.5, 0.6) is 0 Å². The highest BCUT2D eigenvalue weighted by molar-refractivity contribution is 5.87. The molecule has 1 aromatic carbocycles. The van der Waals surface area contributed by atoms with Crippen molar-refractivity contribution in [3.05, 3.63) is 48.9 Å². The Morgan fingerprint density at radius 3 is 3.00 bits per heavy atom. The molecule has 7 nitrogen and oxygen atoms in total. The quantitative estimate of drug-likeness (QED) is 0.661. The lowest BCUT2D eigenvalue weighted by atomic mass is 10.2. The minimum Gasteiger partial charge on any atom is -0.376 e. The van der Waals surface area contributed by atoms with E-state index in [9.17, 15) is 4.79 Å². The summed E-state index contributed by atoms with van der Waals surface area (Å²) in [6.07, 6.45) is 4.35. The van der Waals surface area contributed by atoms with Crippen LogP contribution in [0.1, 0.15) is 6.42 Å². The number of aromatic amines is 1. The number of aromatic nitrogens is 3. The fourth-order valence-corrected chi connectivity index (χ4v) is 3.20. The van der Waals surface area contributed by atoms with Crippen molar-refractivity contribution < 1.29 is 4.79 Å². The number of carbonyl (C=O) groups is 1. The van der Waals surface area contributed by atoms with Crippen molar-refractivity contribution in [1.29, 1.82) is 0 Å². The predicted molar refractivity (Wildman–Crippen MR) is 97.6 cm³/mol. The lowest BCUT2D eigenvalue weighted by Crippen LogP contribution is -2.40. The highest BCUT2D eigenvalue weighted by Gasteiger charge is 2.26. The van der Waals surface area contributed by atoms with Crippen LogP contribution in [0, 0.1) is 0 Å². The van der Waals surface area contributed by atoms with Crippen LogP contribution in [-0.2, 0) is 4.79 Å². The molecule has 2 aromatic heterocycles. The standard InChI is InChI=1S/C18H20N6O/c25-16(10-20-13-4-2-1-3-5-13)23-14-7-9-24(11-14)18-15-6-8-19-17(15)21-12-22-18/h1-6,8,12,14,20H,7,9-11H2,(H,23,25)(H,19,21,22)/t14-/m1/s1. The van der Waals surface area contributed by atoms with Crippen molar-refractivity contribution in [3.63, 3.8) is 0 Å². The van der Waals surface area contributed by atoms with Gasteiger partial charge in [-0.05, 0) is 24.6 Å². The fraction of sp³-hybridized carbons (Fsp3) is 0.278. The summed E-state index contributed by atoms with van der Waals surface area (Å²) < 4.78 is 0. The van der Waals surface area contributed by atoms with Gasteiger partial charge in [0.15, 0.2) is 0 Å². The summed E-state index contributed by atoms with van der Waals surface area (Å²) in [6.45, 7) is 1.90. The Morgan fingerprint density at radius 1 is 1.24 bits per heavy atom. The third-order valence-electron chi connectivity index (χ3n) is 4.41. The van der Waals surface area contributed by atoms with Gasteiger partial charge in [-0.2, -0.15) is 0 Å². The maximum Gasteiger partial charge on any atom is 0.239 e. The van der Waals surface area contributed by atoms with Crippen molar-refractivity contribution in [2.75, 3.05) is 29.9 Å².